The van der Waals surface area contributed by atoms with Gasteiger partial charge in [0.1, 0.15) is 35.5 Å². The first-order chi connectivity index (χ1) is 14.6. The topological polar surface area (TPSA) is 102 Å². The minimum Gasteiger partial charge on any atom is -0.458 e. The minimum atomic E-state index is -0.985. The lowest BCUT2D eigenvalue weighted by molar-refractivity contribution is -0.156. The second kappa shape index (κ2) is 11.1. The minimum absolute atomic E-state index is 0.0461. The maximum absolute atomic E-state index is 12.7. The Labute approximate surface area is 188 Å². The van der Waals surface area contributed by atoms with Crippen LogP contribution in [0, 0.1) is 5.92 Å². The number of anilines is 1. The summed E-state index contributed by atoms with van der Waals surface area (Å²) in [7, 11) is 0. The molecule has 2 rings (SSSR count). The summed E-state index contributed by atoms with van der Waals surface area (Å²) in [5.41, 5.74) is 0.936. The molecule has 0 aromatic carbocycles. The zero-order valence-corrected chi connectivity index (χ0v) is 19.5. The van der Waals surface area contributed by atoms with Crippen LogP contribution in [-0.2, 0) is 20.7 Å². The lowest BCUT2D eigenvalue weighted by atomic mass is 9.99. The Bertz CT molecular complexity index is 848. The number of halogens is 1. The highest BCUT2D eigenvalue weighted by molar-refractivity contribution is 6.30. The van der Waals surface area contributed by atoms with Crippen LogP contribution in [0.4, 0.5) is 10.6 Å². The van der Waals surface area contributed by atoms with E-state index >= 15 is 0 Å². The van der Waals surface area contributed by atoms with Gasteiger partial charge in [0.05, 0.1) is 0 Å². The van der Waals surface area contributed by atoms with Gasteiger partial charge >= 0.3 is 12.1 Å². The lowest BCUT2D eigenvalue weighted by Crippen LogP contribution is -2.48. The van der Waals surface area contributed by atoms with Gasteiger partial charge in [-0.25, -0.2) is 19.6 Å². The molecule has 2 N–H and O–H groups in total. The van der Waals surface area contributed by atoms with Crippen molar-refractivity contribution in [1.29, 1.82) is 0 Å². The third kappa shape index (κ3) is 8.20. The number of alkyl carbamates (subject to hydrolysis) is 1. The number of amides is 1. The van der Waals surface area contributed by atoms with Gasteiger partial charge in [-0.1, -0.05) is 43.7 Å². The molecule has 0 saturated heterocycles. The van der Waals surface area contributed by atoms with E-state index in [1.807, 2.05) is 19.1 Å². The standard InChI is InChI=1S/C22H31ClN4O4/c1-6-16-18(23)25-13-26-19(16)24-11-17(20(28)31-22(3,4)5)27-21(29)30-12-15-9-7-14(2)8-10-15/h7,9-10,13-14,17H,6,8,11-12H2,1-5H3,(H,27,29)(H,24,25,26). The van der Waals surface area contributed by atoms with Crippen molar-refractivity contribution in [1.82, 2.24) is 15.3 Å². The lowest BCUT2D eigenvalue weighted by Gasteiger charge is -2.25. The van der Waals surface area contributed by atoms with Crippen LogP contribution in [0.3, 0.4) is 0 Å². The van der Waals surface area contributed by atoms with Crippen molar-refractivity contribution in [3.05, 3.63) is 40.8 Å². The van der Waals surface area contributed by atoms with E-state index in [1.165, 1.54) is 6.33 Å². The van der Waals surface area contributed by atoms with Crippen LogP contribution >= 0.6 is 11.6 Å². The van der Waals surface area contributed by atoms with Crippen LogP contribution in [0.2, 0.25) is 5.15 Å². The molecule has 2 unspecified atom stereocenters. The zero-order chi connectivity index (χ0) is 23.0. The first-order valence-corrected chi connectivity index (χ1v) is 10.7. The van der Waals surface area contributed by atoms with Gasteiger partial charge in [0.15, 0.2) is 0 Å². The van der Waals surface area contributed by atoms with Crippen LogP contribution < -0.4 is 10.6 Å². The van der Waals surface area contributed by atoms with Gasteiger partial charge in [-0.15, -0.1) is 0 Å². The van der Waals surface area contributed by atoms with Gasteiger partial charge in [-0.3, -0.25) is 0 Å². The van der Waals surface area contributed by atoms with Crippen molar-refractivity contribution in [3.8, 4) is 0 Å². The van der Waals surface area contributed by atoms with Crippen LogP contribution in [0.5, 0.6) is 0 Å². The van der Waals surface area contributed by atoms with E-state index in [9.17, 15) is 9.59 Å². The maximum atomic E-state index is 12.7. The first kappa shape index (κ1) is 24.7. The van der Waals surface area contributed by atoms with Crippen molar-refractivity contribution in [3.63, 3.8) is 0 Å². The molecule has 0 bridgehead atoms. The van der Waals surface area contributed by atoms with Crippen LogP contribution in [0.15, 0.2) is 30.1 Å². The molecule has 170 valence electrons. The predicted molar refractivity (Wildman–Crippen MR) is 120 cm³/mol. The van der Waals surface area contributed by atoms with Crippen molar-refractivity contribution in [2.24, 2.45) is 5.92 Å². The Kier molecular flexibility index (Phi) is 8.86. The van der Waals surface area contributed by atoms with Crippen molar-refractivity contribution in [2.75, 3.05) is 18.5 Å². The summed E-state index contributed by atoms with van der Waals surface area (Å²) < 4.78 is 10.7. The van der Waals surface area contributed by atoms with Gasteiger partial charge in [-0.2, -0.15) is 0 Å². The number of nitrogens with one attached hydrogen (secondary N) is 2. The smallest absolute Gasteiger partial charge is 0.408 e. The molecule has 1 aliphatic rings. The molecule has 9 heteroatoms. The average molecular weight is 451 g/mol. The van der Waals surface area contributed by atoms with Gasteiger partial charge in [0.25, 0.3) is 0 Å². The molecule has 1 aliphatic carbocycles. The Morgan fingerprint density at radius 3 is 2.68 bits per heavy atom. The Balaban J connectivity index is 2.02. The fourth-order valence-corrected chi connectivity index (χ4v) is 3.10. The van der Waals surface area contributed by atoms with E-state index < -0.39 is 23.7 Å². The third-order valence-electron chi connectivity index (χ3n) is 4.46. The molecule has 1 amide bonds. The number of carbonyl (C=O) groups is 2. The van der Waals surface area contributed by atoms with E-state index in [0.717, 1.165) is 17.6 Å². The normalized spacial score (nSPS) is 16.8. The number of ether oxygens (including phenoxy) is 2. The van der Waals surface area contributed by atoms with Gasteiger partial charge in [0, 0.05) is 12.1 Å². The Morgan fingerprint density at radius 2 is 2.06 bits per heavy atom. The number of nitrogens with zero attached hydrogens (tertiary/aromatic N) is 2. The third-order valence-corrected chi connectivity index (χ3v) is 4.79. The Morgan fingerprint density at radius 1 is 1.32 bits per heavy atom. The van der Waals surface area contributed by atoms with E-state index in [4.69, 9.17) is 21.1 Å². The van der Waals surface area contributed by atoms with E-state index in [2.05, 4.69) is 33.6 Å². The highest BCUT2D eigenvalue weighted by atomic mass is 35.5. The molecule has 0 aliphatic heterocycles. The Hall–Kier alpha value is -2.61. The van der Waals surface area contributed by atoms with Crippen molar-refractivity contribution < 1.29 is 19.1 Å². The number of hydrogen-bond donors (Lipinski definition) is 2. The van der Waals surface area contributed by atoms with E-state index in [-0.39, 0.29) is 13.2 Å². The summed E-state index contributed by atoms with van der Waals surface area (Å²) in [5.74, 6) is 0.391. The summed E-state index contributed by atoms with van der Waals surface area (Å²) in [6.07, 6.45) is 8.19. The summed E-state index contributed by atoms with van der Waals surface area (Å²) in [6, 6.07) is -0.985. The number of allylic oxidation sites excluding steroid dienone is 2. The summed E-state index contributed by atoms with van der Waals surface area (Å²) >= 11 is 6.12. The molecule has 1 aromatic heterocycles. The van der Waals surface area contributed by atoms with Gasteiger partial charge < -0.3 is 20.1 Å². The highest BCUT2D eigenvalue weighted by Crippen LogP contribution is 2.20. The number of rotatable bonds is 8. The predicted octanol–water partition coefficient (Wildman–Crippen LogP) is 4.06. The molecular formula is C22H31ClN4O4. The molecule has 0 saturated carbocycles. The average Bonchev–Trinajstić information content (AvgIpc) is 2.69. The van der Waals surface area contributed by atoms with E-state index in [0.29, 0.717) is 23.3 Å². The molecule has 0 fully saturated rings. The zero-order valence-electron chi connectivity index (χ0n) is 18.7. The molecule has 8 nitrogen and oxygen atoms in total. The summed E-state index contributed by atoms with van der Waals surface area (Å²) in [6.45, 7) is 9.49. The van der Waals surface area contributed by atoms with Crippen LogP contribution in [-0.4, -0.2) is 46.8 Å². The van der Waals surface area contributed by atoms with Crippen LogP contribution in [0.25, 0.3) is 0 Å². The molecule has 0 spiro atoms. The second-order valence-electron chi connectivity index (χ2n) is 8.38. The quantitative estimate of drug-likeness (QED) is 0.454. The number of carbonyl (C=O) groups excluding carboxylic acids is 2. The van der Waals surface area contributed by atoms with Crippen molar-refractivity contribution >= 4 is 29.5 Å². The first-order valence-electron chi connectivity index (χ1n) is 10.4. The number of hydrogen-bond acceptors (Lipinski definition) is 7. The largest absolute Gasteiger partial charge is 0.458 e. The molecular weight excluding hydrogens is 420 g/mol. The fraction of sp³-hybridized carbons (Fsp3) is 0.545. The highest BCUT2D eigenvalue weighted by Gasteiger charge is 2.27. The molecule has 1 heterocycles. The SMILES string of the molecule is CCc1c(Cl)ncnc1NCC(NC(=O)OCC1=CCC(C)C=C1)C(=O)OC(C)(C)C. The maximum Gasteiger partial charge on any atom is 0.408 e. The molecule has 31 heavy (non-hydrogen) atoms. The molecule has 0 radical (unpaired) electrons. The monoisotopic (exact) mass is 450 g/mol. The van der Waals surface area contributed by atoms with Gasteiger partial charge in [-0.05, 0) is 45.1 Å². The summed E-state index contributed by atoms with van der Waals surface area (Å²) in [4.78, 5) is 33.2. The molecule has 2 atom stereocenters. The van der Waals surface area contributed by atoms with Gasteiger partial charge in [0.2, 0.25) is 0 Å². The van der Waals surface area contributed by atoms with E-state index in [1.54, 1.807) is 20.8 Å². The summed E-state index contributed by atoms with van der Waals surface area (Å²) in [5, 5.41) is 5.98. The number of esters is 1. The molecule has 1 aromatic rings. The second-order valence-corrected chi connectivity index (χ2v) is 8.74. The van der Waals surface area contributed by atoms with Crippen molar-refractivity contribution in [2.45, 2.75) is 59.1 Å². The number of aromatic nitrogens is 2. The van der Waals surface area contributed by atoms with Crippen LogP contribution in [0.1, 0.15) is 46.6 Å². The fourth-order valence-electron chi connectivity index (χ4n) is 2.83.